The molecule has 2 amide bonds. The second-order valence-corrected chi connectivity index (χ2v) is 8.14. The van der Waals surface area contributed by atoms with Gasteiger partial charge in [0.15, 0.2) is 0 Å². The van der Waals surface area contributed by atoms with Gasteiger partial charge in [-0.1, -0.05) is 72.8 Å². The molecule has 0 unspecified atom stereocenters. The van der Waals surface area contributed by atoms with E-state index in [0.717, 1.165) is 11.6 Å². The number of para-hydroxylation sites is 2. The van der Waals surface area contributed by atoms with E-state index in [1.807, 2.05) is 54.6 Å². The molecule has 1 heterocycles. The number of benzene rings is 4. The van der Waals surface area contributed by atoms with Crippen molar-refractivity contribution in [3.8, 4) is 22.3 Å². The van der Waals surface area contributed by atoms with Crippen LogP contribution in [0, 0.1) is 0 Å². The maximum atomic E-state index is 13.8. The third-order valence-corrected chi connectivity index (χ3v) is 5.73. The summed E-state index contributed by atoms with van der Waals surface area (Å²) in [6, 6.07) is 29.0. The number of nitrogens with zero attached hydrogens (tertiary/aromatic N) is 1. The molecule has 178 valence electrons. The van der Waals surface area contributed by atoms with Crippen LogP contribution in [0.2, 0.25) is 0 Å². The van der Waals surface area contributed by atoms with Gasteiger partial charge in [-0.15, -0.1) is 0 Å². The number of amides is 2. The molecule has 0 aliphatic heterocycles. The van der Waals surface area contributed by atoms with Crippen molar-refractivity contribution in [3.63, 3.8) is 0 Å². The fourth-order valence-electron chi connectivity index (χ4n) is 4.17. The van der Waals surface area contributed by atoms with E-state index in [2.05, 4.69) is 15.6 Å². The number of alkyl halides is 3. The van der Waals surface area contributed by atoms with E-state index in [-0.39, 0.29) is 5.52 Å². The van der Waals surface area contributed by atoms with E-state index in [4.69, 9.17) is 0 Å². The van der Waals surface area contributed by atoms with Crippen molar-refractivity contribution in [1.82, 2.24) is 4.98 Å². The fourth-order valence-corrected chi connectivity index (χ4v) is 4.17. The molecular weight excluding hydrogens is 463 g/mol. The van der Waals surface area contributed by atoms with Gasteiger partial charge in [0, 0.05) is 34.1 Å². The molecule has 0 spiro atoms. The van der Waals surface area contributed by atoms with Gasteiger partial charge in [-0.3, -0.25) is 4.98 Å². The minimum Gasteiger partial charge on any atom is -0.308 e. The Kier molecular flexibility index (Phi) is 6.12. The van der Waals surface area contributed by atoms with E-state index in [9.17, 15) is 18.0 Å². The number of aromatic nitrogens is 1. The lowest BCUT2D eigenvalue weighted by Crippen LogP contribution is -2.19. The summed E-state index contributed by atoms with van der Waals surface area (Å²) in [4.78, 5) is 16.8. The van der Waals surface area contributed by atoms with Crippen LogP contribution in [0.1, 0.15) is 5.56 Å². The molecule has 0 aliphatic rings. The number of rotatable bonds is 4. The number of carbonyl (C=O) groups is 1. The topological polar surface area (TPSA) is 54.0 Å². The van der Waals surface area contributed by atoms with E-state index in [1.54, 1.807) is 36.4 Å². The van der Waals surface area contributed by atoms with Crippen molar-refractivity contribution in [2.45, 2.75) is 6.18 Å². The summed E-state index contributed by atoms with van der Waals surface area (Å²) in [5, 5.41) is 5.93. The third-order valence-electron chi connectivity index (χ3n) is 5.73. The van der Waals surface area contributed by atoms with Crippen LogP contribution in [0.15, 0.2) is 109 Å². The molecule has 1 aromatic heterocycles. The summed E-state index contributed by atoms with van der Waals surface area (Å²) >= 11 is 0. The van der Waals surface area contributed by atoms with E-state index in [0.29, 0.717) is 33.5 Å². The zero-order chi connectivity index (χ0) is 25.1. The van der Waals surface area contributed by atoms with Gasteiger partial charge in [0.25, 0.3) is 0 Å². The van der Waals surface area contributed by atoms with Gasteiger partial charge in [-0.25, -0.2) is 4.79 Å². The van der Waals surface area contributed by atoms with Crippen LogP contribution in [0.4, 0.5) is 29.3 Å². The van der Waals surface area contributed by atoms with Crippen LogP contribution in [0.5, 0.6) is 0 Å². The van der Waals surface area contributed by atoms with Gasteiger partial charge in [0.2, 0.25) is 0 Å². The maximum absolute atomic E-state index is 13.8. The average molecular weight is 483 g/mol. The molecule has 5 aromatic rings. The minimum absolute atomic E-state index is 0.125. The Morgan fingerprint density at radius 1 is 0.694 bits per heavy atom. The number of halogens is 3. The molecule has 0 bridgehead atoms. The van der Waals surface area contributed by atoms with Crippen LogP contribution in [0.25, 0.3) is 33.2 Å². The first-order chi connectivity index (χ1) is 17.4. The van der Waals surface area contributed by atoms with E-state index < -0.39 is 17.8 Å². The molecule has 5 rings (SSSR count). The number of nitrogens with one attached hydrogen (secondary N) is 2. The lowest BCUT2D eigenvalue weighted by molar-refractivity contribution is -0.136. The molecule has 0 aliphatic carbocycles. The number of hydrogen-bond donors (Lipinski definition) is 2. The Morgan fingerprint density at radius 2 is 1.31 bits per heavy atom. The minimum atomic E-state index is -4.54. The summed E-state index contributed by atoms with van der Waals surface area (Å²) in [6.45, 7) is 0. The first-order valence-corrected chi connectivity index (χ1v) is 11.2. The lowest BCUT2D eigenvalue weighted by atomic mass is 9.91. The predicted molar refractivity (Wildman–Crippen MR) is 137 cm³/mol. The van der Waals surface area contributed by atoms with Crippen molar-refractivity contribution in [2.24, 2.45) is 0 Å². The summed E-state index contributed by atoms with van der Waals surface area (Å²) in [5.41, 5.74) is 2.97. The molecular formula is C29H20F3N3O. The van der Waals surface area contributed by atoms with E-state index in [1.165, 1.54) is 12.3 Å². The molecule has 36 heavy (non-hydrogen) atoms. The number of urea groups is 1. The molecule has 0 fully saturated rings. The Morgan fingerprint density at radius 3 is 2.03 bits per heavy atom. The molecule has 0 saturated carbocycles. The third kappa shape index (κ3) is 4.77. The molecule has 4 aromatic carbocycles. The molecule has 4 nitrogen and oxygen atoms in total. The number of fused-ring (bicyclic) bond motifs is 1. The number of anilines is 2. The van der Waals surface area contributed by atoms with Crippen LogP contribution in [-0.2, 0) is 6.18 Å². The fraction of sp³-hybridized carbons (Fsp3) is 0.0345. The quantitative estimate of drug-likeness (QED) is 0.271. The van der Waals surface area contributed by atoms with Crippen LogP contribution < -0.4 is 10.6 Å². The van der Waals surface area contributed by atoms with Crippen molar-refractivity contribution >= 4 is 28.3 Å². The SMILES string of the molecule is O=C(Nc1ccccc1)Nc1cccc(-c2c(-c3ccccc3)cnc3c(C(F)(F)F)cccc23)c1. The number of hydrogen-bond acceptors (Lipinski definition) is 2. The van der Waals surface area contributed by atoms with Crippen LogP contribution in [0.3, 0.4) is 0 Å². The summed E-state index contributed by atoms with van der Waals surface area (Å²) in [6.07, 6.45) is -3.07. The molecule has 0 radical (unpaired) electrons. The van der Waals surface area contributed by atoms with Crippen molar-refractivity contribution in [2.75, 3.05) is 10.6 Å². The largest absolute Gasteiger partial charge is 0.418 e. The summed E-state index contributed by atoms with van der Waals surface area (Å²) < 4.78 is 41.3. The standard InChI is InChI=1S/C29H20F3N3O/c30-29(31,32)25-16-8-15-23-26(24(18-33-27(23)25)19-9-3-1-4-10-19)20-11-7-14-22(17-20)35-28(36)34-21-12-5-2-6-13-21/h1-18H,(H2,34,35,36). The van der Waals surface area contributed by atoms with Gasteiger partial charge >= 0.3 is 12.2 Å². The van der Waals surface area contributed by atoms with Crippen LogP contribution >= 0.6 is 0 Å². The molecule has 0 saturated heterocycles. The van der Waals surface area contributed by atoms with Crippen molar-refractivity contribution in [3.05, 3.63) is 115 Å². The molecule has 0 atom stereocenters. The zero-order valence-electron chi connectivity index (χ0n) is 18.9. The van der Waals surface area contributed by atoms with Crippen molar-refractivity contribution < 1.29 is 18.0 Å². The monoisotopic (exact) mass is 483 g/mol. The highest BCUT2D eigenvalue weighted by Gasteiger charge is 2.33. The highest BCUT2D eigenvalue weighted by molar-refractivity contribution is 6.05. The highest BCUT2D eigenvalue weighted by atomic mass is 19.4. The molecule has 7 heteroatoms. The smallest absolute Gasteiger partial charge is 0.308 e. The lowest BCUT2D eigenvalue weighted by Gasteiger charge is -2.17. The molecule has 2 N–H and O–H groups in total. The van der Waals surface area contributed by atoms with Crippen molar-refractivity contribution in [1.29, 1.82) is 0 Å². The van der Waals surface area contributed by atoms with Gasteiger partial charge < -0.3 is 10.6 Å². The predicted octanol–water partition coefficient (Wildman–Crippen LogP) is 8.23. The zero-order valence-corrected chi connectivity index (χ0v) is 18.9. The summed E-state index contributed by atoms with van der Waals surface area (Å²) in [5.74, 6) is 0. The first-order valence-electron chi connectivity index (χ1n) is 11.2. The van der Waals surface area contributed by atoms with Crippen LogP contribution in [-0.4, -0.2) is 11.0 Å². The van der Waals surface area contributed by atoms with E-state index >= 15 is 0 Å². The Hall–Kier alpha value is -4.65. The Balaban J connectivity index is 1.62. The van der Waals surface area contributed by atoms with Gasteiger partial charge in [-0.2, -0.15) is 13.2 Å². The Labute approximate surface area is 205 Å². The number of pyridine rings is 1. The second kappa shape index (κ2) is 9.54. The second-order valence-electron chi connectivity index (χ2n) is 8.14. The Bertz CT molecular complexity index is 1530. The average Bonchev–Trinajstić information content (AvgIpc) is 2.88. The number of carbonyl (C=O) groups excluding carboxylic acids is 1. The van der Waals surface area contributed by atoms with Gasteiger partial charge in [-0.05, 0) is 41.5 Å². The van der Waals surface area contributed by atoms with Gasteiger partial charge in [0.1, 0.15) is 0 Å². The maximum Gasteiger partial charge on any atom is 0.418 e. The first kappa shape index (κ1) is 23.1. The normalized spacial score (nSPS) is 11.3. The summed E-state index contributed by atoms with van der Waals surface area (Å²) in [7, 11) is 0. The van der Waals surface area contributed by atoms with Gasteiger partial charge in [0.05, 0.1) is 11.1 Å². The highest BCUT2D eigenvalue weighted by Crippen LogP contribution is 2.41.